The molecule has 0 spiro atoms. The molecule has 1 heterocycles. The number of hydrogen-bond acceptors (Lipinski definition) is 1. The predicted molar refractivity (Wildman–Crippen MR) is 55.6 cm³/mol. The van der Waals surface area contributed by atoms with Gasteiger partial charge in [-0.15, -0.1) is 0 Å². The van der Waals surface area contributed by atoms with E-state index in [0.717, 1.165) is 12.0 Å². The molecule has 1 aromatic carbocycles. The zero-order chi connectivity index (χ0) is 9.71. The highest BCUT2D eigenvalue weighted by molar-refractivity contribution is 6.11. The number of nitrogens with zero attached hydrogens (tertiary/aromatic N) is 1. The molecule has 1 aliphatic carbocycles. The Balaban J connectivity index is 2.53. The normalized spacial score (nSPS) is 15.1. The number of Topliss-reactive ketones (excluding diaryl/α,β-unsaturated/α-hetero) is 1. The smallest absolute Gasteiger partial charge is 0.165 e. The van der Waals surface area contributed by atoms with Gasteiger partial charge in [0.15, 0.2) is 5.78 Å². The molecule has 0 aliphatic heterocycles. The fraction of sp³-hybridized carbons (Fsp3) is 0.250. The number of carbonyl (C=O) groups is 1. The molecule has 0 atom stereocenters. The van der Waals surface area contributed by atoms with Crippen LogP contribution in [0.3, 0.4) is 0 Å². The topological polar surface area (TPSA) is 22.0 Å². The second-order valence-corrected chi connectivity index (χ2v) is 3.89. The summed E-state index contributed by atoms with van der Waals surface area (Å²) in [6.07, 6.45) is 3.51. The third kappa shape index (κ3) is 0.830. The van der Waals surface area contributed by atoms with Crippen molar-refractivity contribution in [1.29, 1.82) is 0 Å². The molecule has 2 nitrogen and oxygen atoms in total. The van der Waals surface area contributed by atoms with Crippen molar-refractivity contribution < 1.29 is 4.79 Å². The van der Waals surface area contributed by atoms with Crippen LogP contribution in [0.4, 0.5) is 0 Å². The Kier molecular flexibility index (Phi) is 1.38. The van der Waals surface area contributed by atoms with Crippen molar-refractivity contribution in [2.45, 2.75) is 12.8 Å². The largest absolute Gasteiger partial charge is 0.350 e. The molecule has 1 aromatic heterocycles. The molecule has 0 saturated heterocycles. The van der Waals surface area contributed by atoms with E-state index >= 15 is 0 Å². The first-order chi connectivity index (χ1) is 6.77. The molecule has 14 heavy (non-hydrogen) atoms. The second-order valence-electron chi connectivity index (χ2n) is 3.89. The molecule has 0 unspecified atom stereocenters. The van der Waals surface area contributed by atoms with E-state index in [2.05, 4.69) is 18.2 Å². The Hall–Kier alpha value is -1.57. The summed E-state index contributed by atoms with van der Waals surface area (Å²) in [7, 11) is 1.99. The highest BCUT2D eigenvalue weighted by Crippen LogP contribution is 2.30. The van der Waals surface area contributed by atoms with Crippen molar-refractivity contribution >= 4 is 16.7 Å². The van der Waals surface area contributed by atoms with Crippen LogP contribution in [0, 0.1) is 0 Å². The van der Waals surface area contributed by atoms with Crippen LogP contribution in [-0.4, -0.2) is 10.4 Å². The Labute approximate surface area is 82.1 Å². The van der Waals surface area contributed by atoms with E-state index in [1.54, 1.807) is 0 Å². The summed E-state index contributed by atoms with van der Waals surface area (Å²) in [5.74, 6) is 0.286. The lowest BCUT2D eigenvalue weighted by Crippen LogP contribution is -2.06. The molecule has 70 valence electrons. The average molecular weight is 185 g/mol. The molecule has 0 radical (unpaired) electrons. The first-order valence-electron chi connectivity index (χ1n) is 4.87. The molecule has 3 rings (SSSR count). The van der Waals surface area contributed by atoms with E-state index in [1.165, 1.54) is 16.5 Å². The van der Waals surface area contributed by atoms with Gasteiger partial charge in [0.2, 0.25) is 0 Å². The number of ketones is 1. The summed E-state index contributed by atoms with van der Waals surface area (Å²) in [6, 6.07) is 6.26. The minimum atomic E-state index is 0.286. The summed E-state index contributed by atoms with van der Waals surface area (Å²) in [4.78, 5) is 11.7. The fourth-order valence-corrected chi connectivity index (χ4v) is 2.32. The van der Waals surface area contributed by atoms with Crippen LogP contribution < -0.4 is 0 Å². The molecule has 0 N–H and O–H groups in total. The van der Waals surface area contributed by atoms with Crippen molar-refractivity contribution in [3.63, 3.8) is 0 Å². The minimum absolute atomic E-state index is 0.286. The van der Waals surface area contributed by atoms with Crippen LogP contribution in [0.2, 0.25) is 0 Å². The van der Waals surface area contributed by atoms with Crippen molar-refractivity contribution in [2.75, 3.05) is 0 Å². The summed E-state index contributed by atoms with van der Waals surface area (Å²) in [5, 5.41) is 1.17. The monoisotopic (exact) mass is 185 g/mol. The molecular formula is C12H11NO. The molecule has 0 amide bonds. The molecule has 0 bridgehead atoms. The van der Waals surface area contributed by atoms with E-state index < -0.39 is 0 Å². The fourth-order valence-electron chi connectivity index (χ4n) is 2.32. The molecule has 2 aromatic rings. The van der Waals surface area contributed by atoms with Gasteiger partial charge in [-0.3, -0.25) is 4.79 Å². The first kappa shape index (κ1) is 7.80. The molecule has 0 fully saturated rings. The lowest BCUT2D eigenvalue weighted by atomic mass is 9.92. The van der Waals surface area contributed by atoms with Gasteiger partial charge < -0.3 is 4.57 Å². The Morgan fingerprint density at radius 3 is 3.00 bits per heavy atom. The highest BCUT2D eigenvalue weighted by atomic mass is 16.1. The minimum Gasteiger partial charge on any atom is -0.350 e. The Morgan fingerprint density at radius 2 is 2.14 bits per heavy atom. The van der Waals surface area contributed by atoms with Crippen molar-refractivity contribution in [3.8, 4) is 0 Å². The van der Waals surface area contributed by atoms with Gasteiger partial charge in [0, 0.05) is 36.1 Å². The molecule has 1 aliphatic rings. The Bertz CT molecular complexity index is 536. The van der Waals surface area contributed by atoms with E-state index in [1.807, 2.05) is 17.8 Å². The number of carbonyl (C=O) groups excluding carboxylic acids is 1. The standard InChI is InChI=1S/C12H11NO/c1-13-7-9-11(14)6-5-8-3-2-4-10(13)12(8)9/h2-4,7H,5-6H2,1H3. The van der Waals surface area contributed by atoms with Gasteiger partial charge in [0.1, 0.15) is 0 Å². The first-order valence-corrected chi connectivity index (χ1v) is 4.87. The summed E-state index contributed by atoms with van der Waals surface area (Å²) in [5.41, 5.74) is 3.40. The number of hydrogen-bond donors (Lipinski definition) is 0. The number of rotatable bonds is 0. The highest BCUT2D eigenvalue weighted by Gasteiger charge is 2.20. The average Bonchev–Trinajstić information content (AvgIpc) is 2.53. The molecule has 2 heteroatoms. The zero-order valence-electron chi connectivity index (χ0n) is 8.08. The van der Waals surface area contributed by atoms with Gasteiger partial charge in [0.05, 0.1) is 0 Å². The van der Waals surface area contributed by atoms with Gasteiger partial charge in [-0.2, -0.15) is 0 Å². The van der Waals surface area contributed by atoms with Crippen LogP contribution in [0.25, 0.3) is 10.9 Å². The molecule has 0 saturated carbocycles. The van der Waals surface area contributed by atoms with Crippen molar-refractivity contribution in [1.82, 2.24) is 4.57 Å². The van der Waals surface area contributed by atoms with Gasteiger partial charge in [-0.1, -0.05) is 12.1 Å². The number of benzene rings is 1. The number of aryl methyl sites for hydroxylation is 2. The van der Waals surface area contributed by atoms with Crippen LogP contribution in [0.15, 0.2) is 24.4 Å². The lowest BCUT2D eigenvalue weighted by molar-refractivity contribution is 0.0982. The van der Waals surface area contributed by atoms with Crippen molar-refractivity contribution in [2.24, 2.45) is 7.05 Å². The van der Waals surface area contributed by atoms with E-state index in [0.29, 0.717) is 6.42 Å². The van der Waals surface area contributed by atoms with Crippen LogP contribution in [-0.2, 0) is 13.5 Å². The van der Waals surface area contributed by atoms with E-state index in [-0.39, 0.29) is 5.78 Å². The van der Waals surface area contributed by atoms with E-state index in [9.17, 15) is 4.79 Å². The third-order valence-electron chi connectivity index (χ3n) is 3.02. The lowest BCUT2D eigenvalue weighted by Gasteiger charge is -2.10. The third-order valence-corrected chi connectivity index (χ3v) is 3.02. The van der Waals surface area contributed by atoms with Crippen LogP contribution in [0.5, 0.6) is 0 Å². The van der Waals surface area contributed by atoms with Gasteiger partial charge >= 0.3 is 0 Å². The van der Waals surface area contributed by atoms with Gasteiger partial charge in [-0.25, -0.2) is 0 Å². The van der Waals surface area contributed by atoms with Crippen LogP contribution >= 0.6 is 0 Å². The maximum atomic E-state index is 11.7. The predicted octanol–water partition coefficient (Wildman–Crippen LogP) is 2.31. The summed E-state index contributed by atoms with van der Waals surface area (Å²) < 4.78 is 2.04. The summed E-state index contributed by atoms with van der Waals surface area (Å²) in [6.45, 7) is 0. The quantitative estimate of drug-likeness (QED) is 0.617. The SMILES string of the molecule is Cn1cc2c3c(cccc31)CCC2=O. The van der Waals surface area contributed by atoms with Gasteiger partial charge in [-0.05, 0) is 18.1 Å². The second kappa shape index (κ2) is 2.47. The van der Waals surface area contributed by atoms with Crippen molar-refractivity contribution in [3.05, 3.63) is 35.5 Å². The maximum Gasteiger partial charge on any atom is 0.165 e. The van der Waals surface area contributed by atoms with Crippen LogP contribution in [0.1, 0.15) is 22.3 Å². The zero-order valence-corrected chi connectivity index (χ0v) is 8.08. The van der Waals surface area contributed by atoms with E-state index in [4.69, 9.17) is 0 Å². The van der Waals surface area contributed by atoms with Gasteiger partial charge in [0.25, 0.3) is 0 Å². The molecular weight excluding hydrogens is 174 g/mol. The summed E-state index contributed by atoms with van der Waals surface area (Å²) >= 11 is 0. The number of aromatic nitrogens is 1. The Morgan fingerprint density at radius 1 is 1.29 bits per heavy atom. The maximum absolute atomic E-state index is 11.7.